The molecule has 1 atom stereocenters. The normalized spacial score (nSPS) is 13.8. The van der Waals surface area contributed by atoms with Crippen LogP contribution in [0.15, 0.2) is 12.7 Å². The van der Waals surface area contributed by atoms with Crippen LogP contribution in [0.1, 0.15) is 20.3 Å². The number of hydrogen-bond donors (Lipinski definition) is 0. The average Bonchev–Trinajstić information content (AvgIpc) is 1.82. The van der Waals surface area contributed by atoms with Crippen molar-refractivity contribution < 1.29 is 0 Å². The summed E-state index contributed by atoms with van der Waals surface area (Å²) in [5.74, 6) is 1.44. The first-order chi connectivity index (χ1) is 4.20. The van der Waals surface area contributed by atoms with Crippen molar-refractivity contribution in [3.63, 3.8) is 0 Å². The first-order valence-corrected chi connectivity index (χ1v) is 4.51. The average molecular weight is 191 g/mol. The third kappa shape index (κ3) is 4.71. The van der Waals surface area contributed by atoms with Crippen molar-refractivity contribution in [3.05, 3.63) is 12.7 Å². The monoisotopic (exact) mass is 190 g/mol. The SMILES string of the molecule is C=CC(CBr)CC(C)C. The van der Waals surface area contributed by atoms with Gasteiger partial charge in [0.05, 0.1) is 0 Å². The highest BCUT2D eigenvalue weighted by atomic mass is 79.9. The van der Waals surface area contributed by atoms with E-state index in [1.165, 1.54) is 6.42 Å². The summed E-state index contributed by atoms with van der Waals surface area (Å²) in [5, 5.41) is 1.05. The number of halogens is 1. The van der Waals surface area contributed by atoms with Gasteiger partial charge in [0.1, 0.15) is 0 Å². The second kappa shape index (κ2) is 5.04. The van der Waals surface area contributed by atoms with Crippen LogP contribution in [0, 0.1) is 11.8 Å². The van der Waals surface area contributed by atoms with Gasteiger partial charge in [-0.2, -0.15) is 0 Å². The van der Waals surface area contributed by atoms with Crippen molar-refractivity contribution in [2.45, 2.75) is 20.3 Å². The maximum atomic E-state index is 3.75. The van der Waals surface area contributed by atoms with Gasteiger partial charge in [0.15, 0.2) is 0 Å². The molecule has 0 nitrogen and oxygen atoms in total. The van der Waals surface area contributed by atoms with E-state index in [2.05, 4.69) is 36.4 Å². The molecule has 0 bridgehead atoms. The summed E-state index contributed by atoms with van der Waals surface area (Å²) in [6.07, 6.45) is 3.27. The molecule has 0 N–H and O–H groups in total. The molecule has 1 heteroatoms. The van der Waals surface area contributed by atoms with Gasteiger partial charge in [-0.25, -0.2) is 0 Å². The third-order valence-corrected chi connectivity index (χ3v) is 2.14. The van der Waals surface area contributed by atoms with Crippen LogP contribution in [-0.2, 0) is 0 Å². The molecule has 0 aliphatic rings. The third-order valence-electron chi connectivity index (χ3n) is 1.31. The Morgan fingerprint density at radius 2 is 2.11 bits per heavy atom. The van der Waals surface area contributed by atoms with Crippen LogP contribution >= 0.6 is 15.9 Å². The highest BCUT2D eigenvalue weighted by Crippen LogP contribution is 2.14. The first-order valence-electron chi connectivity index (χ1n) is 3.39. The predicted octanol–water partition coefficient (Wildman–Crippen LogP) is 3.23. The lowest BCUT2D eigenvalue weighted by molar-refractivity contribution is 0.510. The molecule has 0 rings (SSSR count). The fourth-order valence-corrected chi connectivity index (χ4v) is 1.36. The molecular formula is C8H15Br. The number of hydrogen-bond acceptors (Lipinski definition) is 0. The summed E-state index contributed by atoms with van der Waals surface area (Å²) in [5.41, 5.74) is 0. The van der Waals surface area contributed by atoms with Crippen LogP contribution in [0.25, 0.3) is 0 Å². The number of allylic oxidation sites excluding steroid dienone is 1. The lowest BCUT2D eigenvalue weighted by Crippen LogP contribution is -2.01. The minimum atomic E-state index is 0.657. The Morgan fingerprint density at radius 3 is 2.22 bits per heavy atom. The van der Waals surface area contributed by atoms with E-state index >= 15 is 0 Å². The van der Waals surface area contributed by atoms with Crippen molar-refractivity contribution in [1.29, 1.82) is 0 Å². The number of alkyl halides is 1. The largest absolute Gasteiger partial charge is 0.103 e. The van der Waals surface area contributed by atoms with Crippen LogP contribution < -0.4 is 0 Å². The molecule has 0 radical (unpaired) electrons. The fourth-order valence-electron chi connectivity index (χ4n) is 0.828. The van der Waals surface area contributed by atoms with Gasteiger partial charge in [-0.3, -0.25) is 0 Å². The molecule has 0 amide bonds. The lowest BCUT2D eigenvalue weighted by atomic mass is 9.99. The van der Waals surface area contributed by atoms with Gasteiger partial charge in [0.2, 0.25) is 0 Å². The molecule has 0 saturated heterocycles. The zero-order valence-electron chi connectivity index (χ0n) is 6.23. The quantitative estimate of drug-likeness (QED) is 0.472. The Kier molecular flexibility index (Phi) is 5.16. The summed E-state index contributed by atoms with van der Waals surface area (Å²) < 4.78 is 0. The van der Waals surface area contributed by atoms with Crippen molar-refractivity contribution in [3.8, 4) is 0 Å². The van der Waals surface area contributed by atoms with E-state index < -0.39 is 0 Å². The van der Waals surface area contributed by atoms with Crippen LogP contribution in [0.2, 0.25) is 0 Å². The first kappa shape index (κ1) is 9.22. The van der Waals surface area contributed by atoms with E-state index in [9.17, 15) is 0 Å². The molecule has 0 aromatic carbocycles. The Bertz CT molecular complexity index is 76.6. The van der Waals surface area contributed by atoms with Gasteiger partial charge in [-0.15, -0.1) is 6.58 Å². The Hall–Kier alpha value is 0.220. The van der Waals surface area contributed by atoms with E-state index in [4.69, 9.17) is 0 Å². The second-order valence-electron chi connectivity index (χ2n) is 2.78. The molecule has 0 aromatic rings. The molecule has 9 heavy (non-hydrogen) atoms. The smallest absolute Gasteiger partial charge is 0.00943 e. The Morgan fingerprint density at radius 1 is 1.56 bits per heavy atom. The fraction of sp³-hybridized carbons (Fsp3) is 0.750. The van der Waals surface area contributed by atoms with Gasteiger partial charge in [-0.1, -0.05) is 35.9 Å². The van der Waals surface area contributed by atoms with Gasteiger partial charge in [-0.05, 0) is 18.3 Å². The predicted molar refractivity (Wildman–Crippen MR) is 46.9 cm³/mol. The van der Waals surface area contributed by atoms with E-state index in [0.29, 0.717) is 5.92 Å². The molecule has 0 heterocycles. The van der Waals surface area contributed by atoms with Gasteiger partial charge >= 0.3 is 0 Å². The molecule has 1 unspecified atom stereocenters. The minimum absolute atomic E-state index is 0.657. The molecule has 0 aliphatic carbocycles. The summed E-state index contributed by atoms with van der Waals surface area (Å²) in [7, 11) is 0. The van der Waals surface area contributed by atoms with Gasteiger partial charge in [0.25, 0.3) is 0 Å². The molecule has 0 aliphatic heterocycles. The van der Waals surface area contributed by atoms with Crippen molar-refractivity contribution in [2.24, 2.45) is 11.8 Å². The molecule has 0 aromatic heterocycles. The molecule has 0 saturated carbocycles. The highest BCUT2D eigenvalue weighted by Gasteiger charge is 2.03. The van der Waals surface area contributed by atoms with E-state index in [1.54, 1.807) is 0 Å². The standard InChI is InChI=1S/C8H15Br/c1-4-8(6-9)5-7(2)3/h4,7-8H,1,5-6H2,2-3H3. The van der Waals surface area contributed by atoms with E-state index in [0.717, 1.165) is 11.2 Å². The van der Waals surface area contributed by atoms with Crippen LogP contribution in [0.4, 0.5) is 0 Å². The van der Waals surface area contributed by atoms with Crippen LogP contribution in [0.5, 0.6) is 0 Å². The van der Waals surface area contributed by atoms with Crippen LogP contribution in [-0.4, -0.2) is 5.33 Å². The molecule has 54 valence electrons. The van der Waals surface area contributed by atoms with Gasteiger partial charge in [0, 0.05) is 5.33 Å². The van der Waals surface area contributed by atoms with E-state index in [1.807, 2.05) is 6.08 Å². The summed E-state index contributed by atoms with van der Waals surface area (Å²) in [6.45, 7) is 8.23. The summed E-state index contributed by atoms with van der Waals surface area (Å²) in [6, 6.07) is 0. The van der Waals surface area contributed by atoms with E-state index in [-0.39, 0.29) is 0 Å². The lowest BCUT2D eigenvalue weighted by Gasteiger charge is -2.10. The highest BCUT2D eigenvalue weighted by molar-refractivity contribution is 9.09. The van der Waals surface area contributed by atoms with Gasteiger partial charge < -0.3 is 0 Å². The Labute approximate surface area is 66.5 Å². The second-order valence-corrected chi connectivity index (χ2v) is 3.43. The molecule has 0 fully saturated rings. The van der Waals surface area contributed by atoms with Crippen molar-refractivity contribution in [1.82, 2.24) is 0 Å². The molecule has 0 spiro atoms. The van der Waals surface area contributed by atoms with Crippen LogP contribution in [0.3, 0.4) is 0 Å². The van der Waals surface area contributed by atoms with Crippen molar-refractivity contribution in [2.75, 3.05) is 5.33 Å². The summed E-state index contributed by atoms with van der Waals surface area (Å²) in [4.78, 5) is 0. The maximum Gasteiger partial charge on any atom is 0.00943 e. The zero-order valence-corrected chi connectivity index (χ0v) is 7.82. The topological polar surface area (TPSA) is 0 Å². The summed E-state index contributed by atoms with van der Waals surface area (Å²) >= 11 is 3.43. The number of rotatable bonds is 4. The zero-order chi connectivity index (χ0) is 7.28. The maximum absolute atomic E-state index is 3.75. The Balaban J connectivity index is 3.42. The minimum Gasteiger partial charge on any atom is -0.103 e. The molecular weight excluding hydrogens is 176 g/mol. The van der Waals surface area contributed by atoms with Crippen molar-refractivity contribution >= 4 is 15.9 Å².